The van der Waals surface area contributed by atoms with Crippen molar-refractivity contribution in [3.05, 3.63) is 95.6 Å². The Balaban J connectivity index is 1.59. The summed E-state index contributed by atoms with van der Waals surface area (Å²) < 4.78 is 26.1. The average Bonchev–Trinajstić information content (AvgIpc) is 2.69. The molecule has 2 N–H and O–H groups in total. The molecule has 0 saturated carbocycles. The van der Waals surface area contributed by atoms with Crippen LogP contribution in [0, 0.1) is 23.5 Å². The lowest BCUT2D eigenvalue weighted by atomic mass is 10.1. The van der Waals surface area contributed by atoms with Crippen LogP contribution < -0.4 is 10.6 Å². The van der Waals surface area contributed by atoms with E-state index < -0.39 is 11.6 Å². The SMILES string of the molecule is O=C(CNc1cccc(C#Cc2ccccc2)c1)Nc1ccc(F)c(F)c1. The molecule has 0 aliphatic rings. The van der Waals surface area contributed by atoms with Crippen LogP contribution in [0.3, 0.4) is 0 Å². The van der Waals surface area contributed by atoms with E-state index in [0.717, 1.165) is 28.9 Å². The number of halogens is 2. The van der Waals surface area contributed by atoms with Gasteiger partial charge < -0.3 is 10.6 Å². The van der Waals surface area contributed by atoms with Crippen molar-refractivity contribution in [1.29, 1.82) is 0 Å². The Morgan fingerprint density at radius 3 is 2.30 bits per heavy atom. The first-order valence-corrected chi connectivity index (χ1v) is 8.26. The van der Waals surface area contributed by atoms with Crippen molar-refractivity contribution < 1.29 is 13.6 Å². The lowest BCUT2D eigenvalue weighted by molar-refractivity contribution is -0.114. The van der Waals surface area contributed by atoms with E-state index in [9.17, 15) is 13.6 Å². The average molecular weight is 362 g/mol. The van der Waals surface area contributed by atoms with Crippen molar-refractivity contribution in [2.45, 2.75) is 0 Å². The first-order valence-electron chi connectivity index (χ1n) is 8.26. The standard InChI is InChI=1S/C22H16F2N2O/c23-20-12-11-19(14-21(20)24)26-22(27)15-25-18-8-4-7-17(13-18)10-9-16-5-2-1-3-6-16/h1-8,11-14,25H,15H2,(H,26,27). The number of anilines is 2. The van der Waals surface area contributed by atoms with Crippen molar-refractivity contribution in [3.8, 4) is 11.8 Å². The van der Waals surface area contributed by atoms with Crippen LogP contribution in [0.2, 0.25) is 0 Å². The highest BCUT2D eigenvalue weighted by Gasteiger charge is 2.06. The summed E-state index contributed by atoms with van der Waals surface area (Å²) in [5, 5.41) is 5.49. The zero-order valence-corrected chi connectivity index (χ0v) is 14.3. The lowest BCUT2D eigenvalue weighted by Gasteiger charge is -2.08. The van der Waals surface area contributed by atoms with Crippen LogP contribution >= 0.6 is 0 Å². The number of amides is 1. The molecular weight excluding hydrogens is 346 g/mol. The third kappa shape index (κ3) is 5.41. The zero-order chi connectivity index (χ0) is 19.1. The van der Waals surface area contributed by atoms with E-state index in [-0.39, 0.29) is 18.1 Å². The van der Waals surface area contributed by atoms with Gasteiger partial charge in [0.15, 0.2) is 11.6 Å². The second-order valence-corrected chi connectivity index (χ2v) is 5.73. The summed E-state index contributed by atoms with van der Waals surface area (Å²) in [4.78, 5) is 12.0. The summed E-state index contributed by atoms with van der Waals surface area (Å²) in [5.74, 6) is 3.80. The highest BCUT2D eigenvalue weighted by molar-refractivity contribution is 5.93. The molecule has 5 heteroatoms. The smallest absolute Gasteiger partial charge is 0.243 e. The fourth-order valence-corrected chi connectivity index (χ4v) is 2.33. The van der Waals surface area contributed by atoms with Crippen LogP contribution in [0.25, 0.3) is 0 Å². The predicted molar refractivity (Wildman–Crippen MR) is 102 cm³/mol. The van der Waals surface area contributed by atoms with Crippen LogP contribution in [0.15, 0.2) is 72.8 Å². The minimum absolute atomic E-state index is 0.0193. The summed E-state index contributed by atoms with van der Waals surface area (Å²) in [7, 11) is 0. The van der Waals surface area contributed by atoms with E-state index in [2.05, 4.69) is 22.5 Å². The van der Waals surface area contributed by atoms with Gasteiger partial charge in [-0.05, 0) is 42.5 Å². The zero-order valence-electron chi connectivity index (χ0n) is 14.3. The molecule has 0 aliphatic heterocycles. The largest absolute Gasteiger partial charge is 0.376 e. The van der Waals surface area contributed by atoms with E-state index >= 15 is 0 Å². The highest BCUT2D eigenvalue weighted by atomic mass is 19.2. The summed E-state index contributed by atoms with van der Waals surface area (Å²) in [6.45, 7) is -0.0193. The predicted octanol–water partition coefficient (Wildman–Crippen LogP) is 4.42. The molecule has 0 aliphatic carbocycles. The molecule has 3 aromatic carbocycles. The second kappa shape index (κ2) is 8.63. The number of rotatable bonds is 4. The minimum Gasteiger partial charge on any atom is -0.376 e. The van der Waals surface area contributed by atoms with E-state index in [0.29, 0.717) is 0 Å². The van der Waals surface area contributed by atoms with Gasteiger partial charge in [0.25, 0.3) is 0 Å². The molecule has 3 rings (SSSR count). The quantitative estimate of drug-likeness (QED) is 0.675. The molecule has 0 saturated heterocycles. The molecule has 1 amide bonds. The molecule has 0 radical (unpaired) electrons. The molecule has 0 aromatic heterocycles. The third-order valence-electron chi connectivity index (χ3n) is 3.64. The van der Waals surface area contributed by atoms with Gasteiger partial charge in [0, 0.05) is 28.6 Å². The number of carbonyl (C=O) groups is 1. The number of hydrogen-bond acceptors (Lipinski definition) is 2. The van der Waals surface area contributed by atoms with Crippen LogP contribution in [-0.4, -0.2) is 12.5 Å². The Bertz CT molecular complexity index is 1010. The summed E-state index contributed by atoms with van der Waals surface area (Å²) in [5.41, 5.74) is 2.66. The Kier molecular flexibility index (Phi) is 5.80. The molecular formula is C22H16F2N2O. The van der Waals surface area contributed by atoms with Gasteiger partial charge in [0.1, 0.15) is 0 Å². The molecule has 134 valence electrons. The first kappa shape index (κ1) is 18.2. The molecule has 3 aromatic rings. The Labute approximate surface area is 156 Å². The van der Waals surface area contributed by atoms with Crippen molar-refractivity contribution in [2.75, 3.05) is 17.2 Å². The van der Waals surface area contributed by atoms with Gasteiger partial charge in [-0.25, -0.2) is 8.78 Å². The van der Waals surface area contributed by atoms with Crippen LogP contribution in [0.5, 0.6) is 0 Å². The van der Waals surface area contributed by atoms with Gasteiger partial charge in [-0.3, -0.25) is 4.79 Å². The highest BCUT2D eigenvalue weighted by Crippen LogP contribution is 2.13. The van der Waals surface area contributed by atoms with Crippen molar-refractivity contribution in [2.24, 2.45) is 0 Å². The van der Waals surface area contributed by atoms with Crippen molar-refractivity contribution in [3.63, 3.8) is 0 Å². The molecule has 0 atom stereocenters. The van der Waals surface area contributed by atoms with Crippen molar-refractivity contribution in [1.82, 2.24) is 0 Å². The number of hydrogen-bond donors (Lipinski definition) is 2. The number of nitrogens with one attached hydrogen (secondary N) is 2. The van der Waals surface area contributed by atoms with E-state index in [4.69, 9.17) is 0 Å². The molecule has 0 unspecified atom stereocenters. The summed E-state index contributed by atoms with van der Waals surface area (Å²) >= 11 is 0. The van der Waals surface area contributed by atoms with Gasteiger partial charge in [-0.2, -0.15) is 0 Å². The second-order valence-electron chi connectivity index (χ2n) is 5.73. The summed E-state index contributed by atoms with van der Waals surface area (Å²) in [6, 6.07) is 20.2. The fraction of sp³-hybridized carbons (Fsp3) is 0.0455. The maximum absolute atomic E-state index is 13.2. The molecule has 0 spiro atoms. The number of carbonyl (C=O) groups excluding carboxylic acids is 1. The van der Waals surface area contributed by atoms with E-state index in [1.807, 2.05) is 54.6 Å². The third-order valence-corrected chi connectivity index (χ3v) is 3.64. The maximum Gasteiger partial charge on any atom is 0.243 e. The van der Waals surface area contributed by atoms with Gasteiger partial charge in [0.2, 0.25) is 5.91 Å². The first-order chi connectivity index (χ1) is 13.1. The Morgan fingerprint density at radius 1 is 0.778 bits per heavy atom. The number of benzene rings is 3. The van der Waals surface area contributed by atoms with E-state index in [1.165, 1.54) is 6.07 Å². The molecule has 0 fully saturated rings. The molecule has 0 heterocycles. The van der Waals surface area contributed by atoms with Crippen LogP contribution in [0.1, 0.15) is 11.1 Å². The Morgan fingerprint density at radius 2 is 1.52 bits per heavy atom. The monoisotopic (exact) mass is 362 g/mol. The molecule has 0 bridgehead atoms. The van der Waals surface area contributed by atoms with Gasteiger partial charge in [-0.1, -0.05) is 36.1 Å². The van der Waals surface area contributed by atoms with Gasteiger partial charge in [0.05, 0.1) is 6.54 Å². The van der Waals surface area contributed by atoms with Crippen molar-refractivity contribution >= 4 is 17.3 Å². The fourth-order valence-electron chi connectivity index (χ4n) is 2.33. The van der Waals surface area contributed by atoms with Crippen LogP contribution in [-0.2, 0) is 4.79 Å². The lowest BCUT2D eigenvalue weighted by Crippen LogP contribution is -2.21. The van der Waals surface area contributed by atoms with Crippen LogP contribution in [0.4, 0.5) is 20.2 Å². The molecule has 27 heavy (non-hydrogen) atoms. The minimum atomic E-state index is -1.01. The van der Waals surface area contributed by atoms with E-state index in [1.54, 1.807) is 0 Å². The topological polar surface area (TPSA) is 41.1 Å². The Hall–Kier alpha value is -3.65. The van der Waals surface area contributed by atoms with Gasteiger partial charge in [-0.15, -0.1) is 0 Å². The summed E-state index contributed by atoms with van der Waals surface area (Å²) in [6.07, 6.45) is 0. The molecule has 3 nitrogen and oxygen atoms in total. The normalized spacial score (nSPS) is 9.85. The maximum atomic E-state index is 13.2. The van der Waals surface area contributed by atoms with Gasteiger partial charge >= 0.3 is 0 Å².